The van der Waals surface area contributed by atoms with Crippen molar-refractivity contribution in [3.63, 3.8) is 0 Å². The molecule has 2 N–H and O–H groups in total. The number of aryl methyl sites for hydroxylation is 1. The Kier molecular flexibility index (Phi) is 5.61. The third-order valence-electron chi connectivity index (χ3n) is 2.43. The first kappa shape index (κ1) is 14.2. The summed E-state index contributed by atoms with van der Waals surface area (Å²) < 4.78 is 24.0. The quantitative estimate of drug-likeness (QED) is 0.712. The highest BCUT2D eigenvalue weighted by Crippen LogP contribution is 2.04. The molecule has 0 amide bonds. The summed E-state index contributed by atoms with van der Waals surface area (Å²) in [5.41, 5.74) is 2.54. The van der Waals surface area contributed by atoms with E-state index in [1.54, 1.807) is 0 Å². The van der Waals surface area contributed by atoms with Gasteiger partial charge in [-0.05, 0) is 17.5 Å². The molecule has 0 saturated heterocycles. The van der Waals surface area contributed by atoms with E-state index in [9.17, 15) is 8.42 Å². The third-order valence-corrected chi connectivity index (χ3v) is 3.15. The van der Waals surface area contributed by atoms with Gasteiger partial charge >= 0.3 is 0 Å². The van der Waals surface area contributed by atoms with Crippen LogP contribution in [0.4, 0.5) is 0 Å². The molecule has 17 heavy (non-hydrogen) atoms. The van der Waals surface area contributed by atoms with Crippen LogP contribution < -0.4 is 10.0 Å². The maximum Gasteiger partial charge on any atom is 0.208 e. The lowest BCUT2D eigenvalue weighted by molar-refractivity contribution is 0.582. The van der Waals surface area contributed by atoms with Crippen LogP contribution in [0.1, 0.15) is 18.1 Å². The van der Waals surface area contributed by atoms with Crippen molar-refractivity contribution in [2.45, 2.75) is 19.9 Å². The second-order valence-corrected chi connectivity index (χ2v) is 5.85. The van der Waals surface area contributed by atoms with Crippen LogP contribution in [0.5, 0.6) is 0 Å². The summed E-state index contributed by atoms with van der Waals surface area (Å²) in [4.78, 5) is 0. The molecule has 0 aliphatic rings. The minimum atomic E-state index is -3.07. The fourth-order valence-corrected chi connectivity index (χ4v) is 1.92. The minimum absolute atomic E-state index is 0.422. The zero-order valence-corrected chi connectivity index (χ0v) is 11.2. The molecule has 0 aromatic heterocycles. The van der Waals surface area contributed by atoms with Gasteiger partial charge in [-0.2, -0.15) is 0 Å². The lowest BCUT2D eigenvalue weighted by atomic mass is 10.1. The molecule has 1 aromatic carbocycles. The Hall–Kier alpha value is -0.910. The molecule has 1 aromatic rings. The lowest BCUT2D eigenvalue weighted by Crippen LogP contribution is -2.30. The van der Waals surface area contributed by atoms with Gasteiger partial charge in [-0.1, -0.05) is 31.2 Å². The summed E-state index contributed by atoms with van der Waals surface area (Å²) in [6.45, 7) is 3.94. The van der Waals surface area contributed by atoms with E-state index >= 15 is 0 Å². The zero-order chi connectivity index (χ0) is 12.7. The average molecular weight is 256 g/mol. The van der Waals surface area contributed by atoms with Gasteiger partial charge in [0.15, 0.2) is 0 Å². The van der Waals surface area contributed by atoms with E-state index in [-0.39, 0.29) is 0 Å². The molecule has 1 rings (SSSR count). The van der Waals surface area contributed by atoms with Crippen LogP contribution in [-0.2, 0) is 23.0 Å². The fourth-order valence-electron chi connectivity index (χ4n) is 1.45. The molecular formula is C12H20N2O2S. The Morgan fingerprint density at radius 2 is 1.65 bits per heavy atom. The number of nitrogens with one attached hydrogen (secondary N) is 2. The first-order chi connectivity index (χ1) is 8.01. The van der Waals surface area contributed by atoms with Gasteiger partial charge in [0.05, 0.1) is 6.26 Å². The molecule has 0 aliphatic heterocycles. The number of benzene rings is 1. The van der Waals surface area contributed by atoms with Gasteiger partial charge in [0.25, 0.3) is 0 Å². The fraction of sp³-hybridized carbons (Fsp3) is 0.500. The Balaban J connectivity index is 2.22. The van der Waals surface area contributed by atoms with Gasteiger partial charge in [0.1, 0.15) is 0 Å². The second-order valence-electron chi connectivity index (χ2n) is 4.01. The Morgan fingerprint density at radius 1 is 1.06 bits per heavy atom. The van der Waals surface area contributed by atoms with Crippen molar-refractivity contribution in [1.29, 1.82) is 0 Å². The van der Waals surface area contributed by atoms with Crippen LogP contribution in [-0.4, -0.2) is 27.8 Å². The van der Waals surface area contributed by atoms with Crippen molar-refractivity contribution in [2.75, 3.05) is 19.3 Å². The SMILES string of the molecule is CCc1ccc(CNCCNS(C)(=O)=O)cc1. The molecule has 0 unspecified atom stereocenters. The molecule has 0 bridgehead atoms. The number of hydrogen-bond donors (Lipinski definition) is 2. The van der Waals surface area contributed by atoms with Crippen molar-refractivity contribution < 1.29 is 8.42 Å². The Labute approximate surface area is 103 Å². The van der Waals surface area contributed by atoms with Crippen molar-refractivity contribution in [2.24, 2.45) is 0 Å². The van der Waals surface area contributed by atoms with Crippen molar-refractivity contribution in [1.82, 2.24) is 10.0 Å². The summed E-state index contributed by atoms with van der Waals surface area (Å²) in [5.74, 6) is 0. The van der Waals surface area contributed by atoms with Gasteiger partial charge < -0.3 is 5.32 Å². The number of hydrogen-bond acceptors (Lipinski definition) is 3. The summed E-state index contributed by atoms with van der Waals surface area (Å²) in [6.07, 6.45) is 2.21. The minimum Gasteiger partial charge on any atom is -0.311 e. The lowest BCUT2D eigenvalue weighted by Gasteiger charge is -2.06. The standard InChI is InChI=1S/C12H20N2O2S/c1-3-11-4-6-12(7-5-11)10-13-8-9-14-17(2,15)16/h4-7,13-14H,3,8-10H2,1-2H3. The molecule has 0 atom stereocenters. The van der Waals surface area contributed by atoms with E-state index in [0.717, 1.165) is 19.2 Å². The first-order valence-corrected chi connectivity index (χ1v) is 7.63. The number of sulfonamides is 1. The monoisotopic (exact) mass is 256 g/mol. The first-order valence-electron chi connectivity index (χ1n) is 5.74. The van der Waals surface area contributed by atoms with Gasteiger partial charge in [-0.25, -0.2) is 13.1 Å². The molecular weight excluding hydrogens is 236 g/mol. The maximum atomic E-state index is 10.8. The van der Waals surface area contributed by atoms with Crippen LogP contribution in [0.3, 0.4) is 0 Å². The molecule has 0 saturated carbocycles. The van der Waals surface area contributed by atoms with Gasteiger partial charge in [-0.15, -0.1) is 0 Å². The van der Waals surface area contributed by atoms with Gasteiger partial charge in [0, 0.05) is 19.6 Å². The van der Waals surface area contributed by atoms with Gasteiger partial charge in [0.2, 0.25) is 10.0 Å². The largest absolute Gasteiger partial charge is 0.311 e. The number of rotatable bonds is 7. The Morgan fingerprint density at radius 3 is 2.18 bits per heavy atom. The van der Waals surface area contributed by atoms with E-state index in [2.05, 4.69) is 41.2 Å². The topological polar surface area (TPSA) is 58.2 Å². The highest BCUT2D eigenvalue weighted by Gasteiger charge is 1.98. The summed E-state index contributed by atoms with van der Waals surface area (Å²) in [6, 6.07) is 8.42. The van der Waals surface area contributed by atoms with Crippen molar-refractivity contribution >= 4 is 10.0 Å². The summed E-state index contributed by atoms with van der Waals surface area (Å²) in [5, 5.41) is 3.18. The van der Waals surface area contributed by atoms with E-state index in [4.69, 9.17) is 0 Å². The summed E-state index contributed by atoms with van der Waals surface area (Å²) >= 11 is 0. The van der Waals surface area contributed by atoms with Crippen LogP contribution >= 0.6 is 0 Å². The van der Waals surface area contributed by atoms with E-state index < -0.39 is 10.0 Å². The molecule has 4 nitrogen and oxygen atoms in total. The third kappa shape index (κ3) is 6.41. The molecule has 96 valence electrons. The smallest absolute Gasteiger partial charge is 0.208 e. The molecule has 0 spiro atoms. The highest BCUT2D eigenvalue weighted by atomic mass is 32.2. The predicted molar refractivity (Wildman–Crippen MR) is 70.4 cm³/mol. The molecule has 0 aliphatic carbocycles. The van der Waals surface area contributed by atoms with E-state index in [0.29, 0.717) is 13.1 Å². The van der Waals surface area contributed by atoms with E-state index in [1.165, 1.54) is 11.1 Å². The molecule has 0 fully saturated rings. The zero-order valence-electron chi connectivity index (χ0n) is 10.4. The van der Waals surface area contributed by atoms with Crippen LogP contribution in [0, 0.1) is 0 Å². The van der Waals surface area contributed by atoms with Crippen LogP contribution in [0.2, 0.25) is 0 Å². The molecule has 0 radical (unpaired) electrons. The maximum absolute atomic E-state index is 10.8. The van der Waals surface area contributed by atoms with Crippen LogP contribution in [0.25, 0.3) is 0 Å². The summed E-state index contributed by atoms with van der Waals surface area (Å²) in [7, 11) is -3.07. The van der Waals surface area contributed by atoms with Gasteiger partial charge in [-0.3, -0.25) is 0 Å². The van der Waals surface area contributed by atoms with Crippen LogP contribution in [0.15, 0.2) is 24.3 Å². The Bertz CT molecular complexity index is 426. The van der Waals surface area contributed by atoms with Crippen molar-refractivity contribution in [3.8, 4) is 0 Å². The normalized spacial score (nSPS) is 11.6. The molecule has 5 heteroatoms. The predicted octanol–water partition coefficient (Wildman–Crippen LogP) is 0.888. The van der Waals surface area contributed by atoms with E-state index in [1.807, 2.05) is 0 Å². The van der Waals surface area contributed by atoms with Crippen molar-refractivity contribution in [3.05, 3.63) is 35.4 Å². The highest BCUT2D eigenvalue weighted by molar-refractivity contribution is 7.88. The average Bonchev–Trinajstić information content (AvgIpc) is 2.28. The second kappa shape index (κ2) is 6.74. The molecule has 0 heterocycles.